The number of nitrogens with zero attached hydrogens (tertiary/aromatic N) is 1. The van der Waals surface area contributed by atoms with Gasteiger partial charge in [-0.1, -0.05) is 6.07 Å². The lowest BCUT2D eigenvalue weighted by Gasteiger charge is -2.29. The van der Waals surface area contributed by atoms with Gasteiger partial charge in [-0.25, -0.2) is 0 Å². The maximum Gasteiger partial charge on any atom is 0.282 e. The van der Waals surface area contributed by atoms with Crippen LogP contribution >= 0.6 is 0 Å². The SMILES string of the molecule is COc1cccc(C[NH+](C)[C@H](C)C(=O)Nc2ccc(N3CCOCC3)cc2)c1OC. The van der Waals surface area contributed by atoms with Crippen LogP contribution in [0, 0.1) is 0 Å². The summed E-state index contributed by atoms with van der Waals surface area (Å²) in [5.41, 5.74) is 2.96. The van der Waals surface area contributed by atoms with Crippen LogP contribution in [0.5, 0.6) is 11.5 Å². The van der Waals surface area contributed by atoms with Crippen molar-refractivity contribution in [2.24, 2.45) is 0 Å². The lowest BCUT2D eigenvalue weighted by molar-refractivity contribution is -0.907. The summed E-state index contributed by atoms with van der Waals surface area (Å²) in [5.74, 6) is 1.39. The van der Waals surface area contributed by atoms with Crippen molar-refractivity contribution in [3.8, 4) is 11.5 Å². The van der Waals surface area contributed by atoms with Gasteiger partial charge >= 0.3 is 0 Å². The van der Waals surface area contributed by atoms with E-state index < -0.39 is 0 Å². The number of likely N-dealkylation sites (N-methyl/N-ethyl adjacent to an activating group) is 1. The Morgan fingerprint density at radius 1 is 1.13 bits per heavy atom. The highest BCUT2D eigenvalue weighted by Gasteiger charge is 2.24. The first kappa shape index (κ1) is 21.9. The van der Waals surface area contributed by atoms with Crippen LogP contribution in [0.1, 0.15) is 12.5 Å². The summed E-state index contributed by atoms with van der Waals surface area (Å²) in [4.78, 5) is 16.1. The van der Waals surface area contributed by atoms with Crippen molar-refractivity contribution in [1.29, 1.82) is 0 Å². The highest BCUT2D eigenvalue weighted by molar-refractivity contribution is 5.93. The van der Waals surface area contributed by atoms with E-state index >= 15 is 0 Å². The third-order valence-corrected chi connectivity index (χ3v) is 5.60. The molecule has 2 atom stereocenters. The van der Waals surface area contributed by atoms with E-state index in [4.69, 9.17) is 14.2 Å². The molecule has 30 heavy (non-hydrogen) atoms. The fourth-order valence-electron chi connectivity index (χ4n) is 3.60. The van der Waals surface area contributed by atoms with Crippen LogP contribution < -0.4 is 24.6 Å². The van der Waals surface area contributed by atoms with Gasteiger partial charge in [0.05, 0.1) is 40.0 Å². The van der Waals surface area contributed by atoms with Gasteiger partial charge in [0, 0.05) is 24.5 Å². The fourth-order valence-corrected chi connectivity index (χ4v) is 3.60. The summed E-state index contributed by atoms with van der Waals surface area (Å²) in [6, 6.07) is 13.6. The molecule has 1 aliphatic heterocycles. The highest BCUT2D eigenvalue weighted by Crippen LogP contribution is 2.30. The fraction of sp³-hybridized carbons (Fsp3) is 0.435. The number of morpholine rings is 1. The molecule has 1 unspecified atom stereocenters. The topological polar surface area (TPSA) is 64.5 Å². The van der Waals surface area contributed by atoms with Gasteiger partial charge in [0.2, 0.25) is 0 Å². The molecular formula is C23H32N3O4+. The molecule has 0 saturated carbocycles. The van der Waals surface area contributed by atoms with E-state index in [1.54, 1.807) is 14.2 Å². The maximum atomic E-state index is 12.8. The molecule has 7 heteroatoms. The molecule has 3 rings (SSSR count). The van der Waals surface area contributed by atoms with Crippen LogP contribution in [0.15, 0.2) is 42.5 Å². The van der Waals surface area contributed by atoms with Crippen molar-refractivity contribution >= 4 is 17.3 Å². The summed E-state index contributed by atoms with van der Waals surface area (Å²) in [7, 11) is 5.26. The normalized spacial score (nSPS) is 15.9. The molecule has 1 heterocycles. The van der Waals surface area contributed by atoms with Gasteiger partial charge in [-0.3, -0.25) is 4.79 Å². The van der Waals surface area contributed by atoms with Crippen LogP contribution in [0.25, 0.3) is 0 Å². The molecule has 2 N–H and O–H groups in total. The minimum absolute atomic E-state index is 0.0199. The molecule has 1 fully saturated rings. The van der Waals surface area contributed by atoms with Crippen molar-refractivity contribution < 1.29 is 23.9 Å². The molecule has 1 amide bonds. The molecule has 2 aromatic carbocycles. The summed E-state index contributed by atoms with van der Waals surface area (Å²) in [6.45, 7) is 5.87. The third-order valence-electron chi connectivity index (χ3n) is 5.60. The molecule has 0 radical (unpaired) electrons. The predicted octanol–water partition coefficient (Wildman–Crippen LogP) is 1.58. The molecular weight excluding hydrogens is 382 g/mol. The average molecular weight is 415 g/mol. The first-order chi connectivity index (χ1) is 14.5. The Bertz CT molecular complexity index is 835. The standard InChI is InChI=1S/C23H31N3O4/c1-17(25(2)16-18-6-5-7-21(28-3)22(18)29-4)23(27)24-19-8-10-20(11-9-19)26-12-14-30-15-13-26/h5-11,17H,12-16H2,1-4H3,(H,24,27)/p+1/t17-/m1/s1. The van der Waals surface area contributed by atoms with E-state index in [1.807, 2.05) is 56.4 Å². The van der Waals surface area contributed by atoms with Crippen LogP contribution in [0.2, 0.25) is 0 Å². The lowest BCUT2D eigenvalue weighted by atomic mass is 10.1. The Morgan fingerprint density at radius 3 is 2.47 bits per heavy atom. The molecule has 1 aliphatic rings. The zero-order valence-electron chi connectivity index (χ0n) is 18.2. The highest BCUT2D eigenvalue weighted by atomic mass is 16.5. The van der Waals surface area contributed by atoms with Crippen LogP contribution in [-0.4, -0.2) is 59.5 Å². The summed E-state index contributed by atoms with van der Waals surface area (Å²) < 4.78 is 16.3. The average Bonchev–Trinajstić information content (AvgIpc) is 2.79. The van der Waals surface area contributed by atoms with Crippen LogP contribution in [0.4, 0.5) is 11.4 Å². The van der Waals surface area contributed by atoms with Gasteiger partial charge in [-0.05, 0) is 43.3 Å². The number of hydrogen-bond acceptors (Lipinski definition) is 5. The summed E-state index contributed by atoms with van der Waals surface area (Å²) in [6.07, 6.45) is 0. The number of carbonyl (C=O) groups is 1. The molecule has 162 valence electrons. The smallest absolute Gasteiger partial charge is 0.282 e. The van der Waals surface area contributed by atoms with E-state index in [2.05, 4.69) is 10.2 Å². The minimum Gasteiger partial charge on any atom is -0.493 e. The van der Waals surface area contributed by atoms with Crippen LogP contribution in [-0.2, 0) is 16.1 Å². The molecule has 2 aromatic rings. The Balaban J connectivity index is 1.60. The number of benzene rings is 2. The Labute approximate surface area is 178 Å². The predicted molar refractivity (Wildman–Crippen MR) is 118 cm³/mol. The van der Waals surface area contributed by atoms with Crippen molar-refractivity contribution in [2.45, 2.75) is 19.5 Å². The number of para-hydroxylation sites is 1. The first-order valence-electron chi connectivity index (χ1n) is 10.3. The summed E-state index contributed by atoms with van der Waals surface area (Å²) >= 11 is 0. The van der Waals surface area contributed by atoms with Gasteiger partial charge in [0.25, 0.3) is 5.91 Å². The first-order valence-corrected chi connectivity index (χ1v) is 10.3. The largest absolute Gasteiger partial charge is 0.493 e. The zero-order chi connectivity index (χ0) is 21.5. The third kappa shape index (κ3) is 5.23. The molecule has 1 saturated heterocycles. The van der Waals surface area contributed by atoms with E-state index in [0.717, 1.165) is 48.1 Å². The monoisotopic (exact) mass is 414 g/mol. The van der Waals surface area contributed by atoms with Crippen molar-refractivity contribution in [2.75, 3.05) is 57.8 Å². The number of anilines is 2. The number of nitrogens with one attached hydrogen (secondary N) is 2. The molecule has 0 bridgehead atoms. The number of ether oxygens (including phenoxy) is 3. The zero-order valence-corrected chi connectivity index (χ0v) is 18.2. The van der Waals surface area contributed by atoms with Crippen LogP contribution in [0.3, 0.4) is 0 Å². The number of quaternary nitrogens is 1. The second kappa shape index (κ2) is 10.3. The minimum atomic E-state index is -0.236. The number of methoxy groups -OCH3 is 2. The van der Waals surface area contributed by atoms with Gasteiger partial charge in [0.15, 0.2) is 17.5 Å². The number of hydrogen-bond donors (Lipinski definition) is 2. The van der Waals surface area contributed by atoms with Gasteiger partial charge in [0.1, 0.15) is 6.54 Å². The number of rotatable bonds is 8. The van der Waals surface area contributed by atoms with Gasteiger partial charge in [-0.2, -0.15) is 0 Å². The number of amides is 1. The second-order valence-corrected chi connectivity index (χ2v) is 7.53. The van der Waals surface area contributed by atoms with Gasteiger partial charge < -0.3 is 29.3 Å². The number of carbonyl (C=O) groups excluding carboxylic acids is 1. The van der Waals surface area contributed by atoms with Crippen molar-refractivity contribution in [1.82, 2.24) is 0 Å². The quantitative estimate of drug-likeness (QED) is 0.687. The molecule has 0 spiro atoms. The lowest BCUT2D eigenvalue weighted by Crippen LogP contribution is -3.12. The van der Waals surface area contributed by atoms with Crippen molar-refractivity contribution in [3.63, 3.8) is 0 Å². The Hall–Kier alpha value is -2.77. The molecule has 0 aromatic heterocycles. The van der Waals surface area contributed by atoms with Gasteiger partial charge in [-0.15, -0.1) is 0 Å². The summed E-state index contributed by atoms with van der Waals surface area (Å²) in [5, 5.41) is 3.03. The Kier molecular flexibility index (Phi) is 7.54. The van der Waals surface area contributed by atoms with E-state index in [9.17, 15) is 4.79 Å². The Morgan fingerprint density at radius 2 is 1.83 bits per heavy atom. The second-order valence-electron chi connectivity index (χ2n) is 7.53. The maximum absolute atomic E-state index is 12.8. The molecule has 0 aliphatic carbocycles. The van der Waals surface area contributed by atoms with Crippen molar-refractivity contribution in [3.05, 3.63) is 48.0 Å². The van der Waals surface area contributed by atoms with E-state index in [1.165, 1.54) is 0 Å². The van der Waals surface area contributed by atoms with E-state index in [0.29, 0.717) is 18.0 Å². The molecule has 7 nitrogen and oxygen atoms in total. The van der Waals surface area contributed by atoms with E-state index in [-0.39, 0.29) is 11.9 Å².